The number of fused-ring (bicyclic) bond motifs is 1. The second-order valence-electron chi connectivity index (χ2n) is 5.86. The Morgan fingerprint density at radius 2 is 2.10 bits per heavy atom. The zero-order valence-electron chi connectivity index (χ0n) is 12.2. The van der Waals surface area contributed by atoms with Gasteiger partial charge in [0.25, 0.3) is 0 Å². The summed E-state index contributed by atoms with van der Waals surface area (Å²) in [6.45, 7) is 2.76. The monoisotopic (exact) mass is 345 g/mol. The summed E-state index contributed by atoms with van der Waals surface area (Å²) in [7, 11) is 0. The van der Waals surface area contributed by atoms with Gasteiger partial charge in [0.15, 0.2) is 0 Å². The highest BCUT2D eigenvalue weighted by Crippen LogP contribution is 2.36. The summed E-state index contributed by atoms with van der Waals surface area (Å²) >= 11 is 3.59. The van der Waals surface area contributed by atoms with Crippen molar-refractivity contribution < 1.29 is 4.74 Å². The van der Waals surface area contributed by atoms with Crippen molar-refractivity contribution in [1.82, 2.24) is 0 Å². The standard InChI is InChI=1S/C18H20BrNO/c1-12(20)8-13-6-7-18(17(19)9-13)21-11-15-10-14-4-2-3-5-16(14)15/h2-7,9,12,15H,8,10-11,20H2,1H3. The van der Waals surface area contributed by atoms with E-state index in [0.29, 0.717) is 5.92 Å². The number of rotatable bonds is 5. The molecule has 2 unspecified atom stereocenters. The van der Waals surface area contributed by atoms with Gasteiger partial charge in [0, 0.05) is 12.0 Å². The van der Waals surface area contributed by atoms with Crippen LogP contribution in [0.3, 0.4) is 0 Å². The number of ether oxygens (including phenoxy) is 1. The van der Waals surface area contributed by atoms with Gasteiger partial charge in [0.1, 0.15) is 5.75 Å². The van der Waals surface area contributed by atoms with E-state index in [1.807, 2.05) is 13.0 Å². The van der Waals surface area contributed by atoms with Gasteiger partial charge in [-0.15, -0.1) is 0 Å². The third-order valence-electron chi connectivity index (χ3n) is 3.96. The minimum absolute atomic E-state index is 0.176. The van der Waals surface area contributed by atoms with Crippen LogP contribution in [0.5, 0.6) is 5.75 Å². The molecule has 0 aromatic heterocycles. The normalized spacial score (nSPS) is 17.8. The third kappa shape index (κ3) is 3.30. The van der Waals surface area contributed by atoms with Crippen LogP contribution in [-0.4, -0.2) is 12.6 Å². The first-order valence-electron chi connectivity index (χ1n) is 7.38. The van der Waals surface area contributed by atoms with Gasteiger partial charge in [-0.2, -0.15) is 0 Å². The Bertz CT molecular complexity index is 639. The van der Waals surface area contributed by atoms with E-state index >= 15 is 0 Å². The second kappa shape index (κ2) is 6.20. The van der Waals surface area contributed by atoms with E-state index < -0.39 is 0 Å². The molecule has 1 aliphatic rings. The molecule has 0 aliphatic heterocycles. The van der Waals surface area contributed by atoms with E-state index in [1.165, 1.54) is 16.7 Å². The first kappa shape index (κ1) is 14.6. The van der Waals surface area contributed by atoms with Crippen molar-refractivity contribution >= 4 is 15.9 Å². The minimum atomic E-state index is 0.176. The molecule has 2 nitrogen and oxygen atoms in total. The van der Waals surface area contributed by atoms with E-state index in [4.69, 9.17) is 10.5 Å². The SMILES string of the molecule is CC(N)Cc1ccc(OCC2Cc3ccccc32)c(Br)c1. The average molecular weight is 346 g/mol. The lowest BCUT2D eigenvalue weighted by Crippen LogP contribution is -2.23. The maximum Gasteiger partial charge on any atom is 0.133 e. The second-order valence-corrected chi connectivity index (χ2v) is 6.71. The summed E-state index contributed by atoms with van der Waals surface area (Å²) in [6.07, 6.45) is 2.01. The number of hydrogen-bond donors (Lipinski definition) is 1. The Labute approximate surface area is 134 Å². The lowest BCUT2D eigenvalue weighted by molar-refractivity contribution is 0.273. The van der Waals surface area contributed by atoms with Crippen molar-refractivity contribution in [2.24, 2.45) is 5.73 Å². The fourth-order valence-electron chi connectivity index (χ4n) is 2.86. The predicted octanol–water partition coefficient (Wildman–Crippen LogP) is 4.06. The lowest BCUT2D eigenvalue weighted by atomic mass is 9.78. The summed E-state index contributed by atoms with van der Waals surface area (Å²) in [5, 5.41) is 0. The Hall–Kier alpha value is -1.32. The van der Waals surface area contributed by atoms with Gasteiger partial charge in [-0.3, -0.25) is 0 Å². The molecule has 21 heavy (non-hydrogen) atoms. The summed E-state index contributed by atoms with van der Waals surface area (Å²) < 4.78 is 6.99. The fourth-order valence-corrected chi connectivity index (χ4v) is 3.40. The first-order chi connectivity index (χ1) is 10.1. The molecule has 0 spiro atoms. The molecular formula is C18H20BrNO. The van der Waals surface area contributed by atoms with Gasteiger partial charge in [0.2, 0.25) is 0 Å². The molecule has 3 heteroatoms. The summed E-state index contributed by atoms with van der Waals surface area (Å²) in [4.78, 5) is 0. The zero-order valence-corrected chi connectivity index (χ0v) is 13.8. The maximum absolute atomic E-state index is 5.98. The number of hydrogen-bond acceptors (Lipinski definition) is 2. The molecule has 0 fully saturated rings. The molecule has 2 N–H and O–H groups in total. The lowest BCUT2D eigenvalue weighted by Gasteiger charge is -2.30. The van der Waals surface area contributed by atoms with Gasteiger partial charge >= 0.3 is 0 Å². The highest BCUT2D eigenvalue weighted by Gasteiger charge is 2.26. The van der Waals surface area contributed by atoms with Gasteiger partial charge in [-0.05, 0) is 64.5 Å². The Balaban J connectivity index is 1.62. The van der Waals surface area contributed by atoms with Crippen molar-refractivity contribution in [1.29, 1.82) is 0 Å². The van der Waals surface area contributed by atoms with Gasteiger partial charge in [-0.1, -0.05) is 30.3 Å². The molecule has 1 aliphatic carbocycles. The average Bonchev–Trinajstić information content (AvgIpc) is 2.41. The van der Waals surface area contributed by atoms with E-state index in [-0.39, 0.29) is 6.04 Å². The van der Waals surface area contributed by atoms with Crippen molar-refractivity contribution in [3.8, 4) is 5.75 Å². The zero-order chi connectivity index (χ0) is 14.8. The molecular weight excluding hydrogens is 326 g/mol. The van der Waals surface area contributed by atoms with Crippen LogP contribution in [0.4, 0.5) is 0 Å². The van der Waals surface area contributed by atoms with E-state index in [0.717, 1.165) is 29.7 Å². The highest BCUT2D eigenvalue weighted by atomic mass is 79.9. The minimum Gasteiger partial charge on any atom is -0.492 e. The quantitative estimate of drug-likeness (QED) is 0.886. The first-order valence-corrected chi connectivity index (χ1v) is 8.17. The van der Waals surface area contributed by atoms with Crippen LogP contribution in [0.1, 0.15) is 29.5 Å². The van der Waals surface area contributed by atoms with Gasteiger partial charge in [0.05, 0.1) is 11.1 Å². The predicted molar refractivity (Wildman–Crippen MR) is 89.9 cm³/mol. The fraction of sp³-hybridized carbons (Fsp3) is 0.333. The molecule has 3 rings (SSSR count). The smallest absolute Gasteiger partial charge is 0.133 e. The molecule has 0 bridgehead atoms. The van der Waals surface area contributed by atoms with Crippen LogP contribution in [-0.2, 0) is 12.8 Å². The van der Waals surface area contributed by atoms with Crippen LogP contribution < -0.4 is 10.5 Å². The van der Waals surface area contributed by atoms with E-state index in [1.54, 1.807) is 0 Å². The largest absolute Gasteiger partial charge is 0.492 e. The Morgan fingerprint density at radius 3 is 2.81 bits per heavy atom. The molecule has 0 radical (unpaired) electrons. The summed E-state index contributed by atoms with van der Waals surface area (Å²) in [5.74, 6) is 1.43. The van der Waals surface area contributed by atoms with Crippen LogP contribution >= 0.6 is 15.9 Å². The van der Waals surface area contributed by atoms with Crippen LogP contribution in [0.15, 0.2) is 46.9 Å². The molecule has 0 saturated heterocycles. The number of benzene rings is 2. The molecule has 110 valence electrons. The van der Waals surface area contributed by atoms with Crippen LogP contribution in [0.2, 0.25) is 0 Å². The van der Waals surface area contributed by atoms with E-state index in [2.05, 4.69) is 52.3 Å². The summed E-state index contributed by atoms with van der Waals surface area (Å²) in [6, 6.07) is 15.0. The number of halogens is 1. The molecule has 2 aromatic rings. The van der Waals surface area contributed by atoms with Gasteiger partial charge < -0.3 is 10.5 Å². The van der Waals surface area contributed by atoms with Gasteiger partial charge in [-0.25, -0.2) is 0 Å². The molecule has 2 atom stereocenters. The van der Waals surface area contributed by atoms with Crippen molar-refractivity contribution in [3.05, 3.63) is 63.6 Å². The Kier molecular flexibility index (Phi) is 4.32. The molecule has 0 saturated carbocycles. The van der Waals surface area contributed by atoms with E-state index in [9.17, 15) is 0 Å². The Morgan fingerprint density at radius 1 is 1.29 bits per heavy atom. The highest BCUT2D eigenvalue weighted by molar-refractivity contribution is 9.10. The number of nitrogens with two attached hydrogens (primary N) is 1. The van der Waals surface area contributed by atoms with Crippen molar-refractivity contribution in [2.45, 2.75) is 31.7 Å². The van der Waals surface area contributed by atoms with Crippen LogP contribution in [0.25, 0.3) is 0 Å². The molecule has 2 aromatic carbocycles. The molecule has 0 amide bonds. The van der Waals surface area contributed by atoms with Crippen LogP contribution in [0, 0.1) is 0 Å². The molecule has 0 heterocycles. The third-order valence-corrected chi connectivity index (χ3v) is 4.57. The van der Waals surface area contributed by atoms with Crippen molar-refractivity contribution in [3.63, 3.8) is 0 Å². The van der Waals surface area contributed by atoms with Crippen molar-refractivity contribution in [2.75, 3.05) is 6.61 Å². The maximum atomic E-state index is 5.98. The topological polar surface area (TPSA) is 35.2 Å². The summed E-state index contributed by atoms with van der Waals surface area (Å²) in [5.41, 5.74) is 9.96.